The van der Waals surface area contributed by atoms with Gasteiger partial charge < -0.3 is 5.32 Å². The third-order valence-electron chi connectivity index (χ3n) is 3.73. The zero-order valence-electron chi connectivity index (χ0n) is 13.1. The molecule has 3 rings (SSSR count). The number of nitrogens with zero attached hydrogens (tertiary/aromatic N) is 2. The lowest BCUT2D eigenvalue weighted by atomic mass is 10.1. The summed E-state index contributed by atoms with van der Waals surface area (Å²) in [5, 5.41) is 13.3. The molecule has 0 atom stereocenters. The second kappa shape index (κ2) is 6.93. The minimum Gasteiger partial charge on any atom is -0.303 e. The maximum atomic E-state index is 13.7. The van der Waals surface area contributed by atoms with Gasteiger partial charge in [-0.2, -0.15) is 0 Å². The first-order valence-electron chi connectivity index (χ1n) is 7.38. The van der Waals surface area contributed by atoms with Gasteiger partial charge in [0.2, 0.25) is 0 Å². The highest BCUT2D eigenvalue weighted by Gasteiger charge is 2.34. The standard InChI is InChI=1S/C17H11ClFN3O4/c18-12-6-5-10(8-15(12)22(25)26)7-14-16(23)21(17(24)20-14)9-11-3-1-2-4-13(11)19/h1-8H,9H2,(H,20,24)/b14-7+. The Bertz CT molecular complexity index is 961. The number of benzene rings is 2. The molecule has 9 heteroatoms. The number of imide groups is 1. The van der Waals surface area contributed by atoms with E-state index in [-0.39, 0.29) is 28.5 Å². The molecule has 132 valence electrons. The van der Waals surface area contributed by atoms with Gasteiger partial charge in [0.15, 0.2) is 0 Å². The molecule has 1 N–H and O–H groups in total. The predicted octanol–water partition coefficient (Wildman–Crippen LogP) is 3.48. The normalized spacial score (nSPS) is 15.5. The van der Waals surface area contributed by atoms with Gasteiger partial charge in [0.25, 0.3) is 11.6 Å². The number of halogens is 2. The molecular weight excluding hydrogens is 365 g/mol. The lowest BCUT2D eigenvalue weighted by molar-refractivity contribution is -0.384. The van der Waals surface area contributed by atoms with Crippen LogP contribution in [0.3, 0.4) is 0 Å². The highest BCUT2D eigenvalue weighted by atomic mass is 35.5. The quantitative estimate of drug-likeness (QED) is 0.383. The second-order valence-corrected chi connectivity index (χ2v) is 5.85. The summed E-state index contributed by atoms with van der Waals surface area (Å²) in [6.07, 6.45) is 1.30. The van der Waals surface area contributed by atoms with Crippen molar-refractivity contribution >= 4 is 35.3 Å². The number of hydrogen-bond donors (Lipinski definition) is 1. The van der Waals surface area contributed by atoms with E-state index in [4.69, 9.17) is 11.6 Å². The van der Waals surface area contributed by atoms with Crippen molar-refractivity contribution in [3.63, 3.8) is 0 Å². The highest BCUT2D eigenvalue weighted by molar-refractivity contribution is 6.32. The van der Waals surface area contributed by atoms with Crippen LogP contribution in [0.2, 0.25) is 5.02 Å². The fourth-order valence-corrected chi connectivity index (χ4v) is 2.62. The van der Waals surface area contributed by atoms with Crippen molar-refractivity contribution in [2.75, 3.05) is 0 Å². The molecule has 1 saturated heterocycles. The highest BCUT2D eigenvalue weighted by Crippen LogP contribution is 2.26. The minimum atomic E-state index is -0.701. The lowest BCUT2D eigenvalue weighted by Gasteiger charge is -2.12. The van der Waals surface area contributed by atoms with E-state index in [2.05, 4.69) is 5.32 Å². The molecule has 0 aliphatic carbocycles. The zero-order valence-corrected chi connectivity index (χ0v) is 13.9. The molecule has 0 aromatic heterocycles. The Morgan fingerprint density at radius 3 is 2.65 bits per heavy atom. The summed E-state index contributed by atoms with van der Waals surface area (Å²) in [6, 6.07) is 9.09. The molecule has 0 radical (unpaired) electrons. The van der Waals surface area contributed by atoms with Gasteiger partial charge in [-0.25, -0.2) is 9.18 Å². The first-order valence-corrected chi connectivity index (χ1v) is 7.76. The number of nitrogens with one attached hydrogen (secondary N) is 1. The van der Waals surface area contributed by atoms with Gasteiger partial charge in [-0.3, -0.25) is 19.8 Å². The van der Waals surface area contributed by atoms with Crippen molar-refractivity contribution in [2.24, 2.45) is 0 Å². The largest absolute Gasteiger partial charge is 0.329 e. The Morgan fingerprint density at radius 2 is 1.96 bits per heavy atom. The Kier molecular flexibility index (Phi) is 4.68. The minimum absolute atomic E-state index is 0.0416. The zero-order chi connectivity index (χ0) is 18.8. The van der Waals surface area contributed by atoms with Gasteiger partial charge in [-0.05, 0) is 23.8 Å². The van der Waals surface area contributed by atoms with E-state index in [1.54, 1.807) is 6.07 Å². The molecule has 0 spiro atoms. The third-order valence-corrected chi connectivity index (χ3v) is 4.05. The van der Waals surface area contributed by atoms with Crippen LogP contribution in [0.4, 0.5) is 14.9 Å². The number of nitro groups is 1. The summed E-state index contributed by atoms with van der Waals surface area (Å²) >= 11 is 5.75. The molecule has 2 aromatic carbocycles. The van der Waals surface area contributed by atoms with Crippen LogP contribution in [0.15, 0.2) is 48.2 Å². The van der Waals surface area contributed by atoms with Crippen LogP contribution < -0.4 is 5.32 Å². The van der Waals surface area contributed by atoms with Crippen molar-refractivity contribution < 1.29 is 18.9 Å². The van der Waals surface area contributed by atoms with E-state index in [0.717, 1.165) is 4.90 Å². The number of nitro benzene ring substituents is 1. The summed E-state index contributed by atoms with van der Waals surface area (Å²) in [5.41, 5.74) is 0.126. The number of amides is 3. The molecule has 1 heterocycles. The average Bonchev–Trinajstić information content (AvgIpc) is 2.85. The first-order chi connectivity index (χ1) is 12.4. The van der Waals surface area contributed by atoms with Crippen molar-refractivity contribution in [3.05, 3.63) is 80.2 Å². The van der Waals surface area contributed by atoms with Crippen LogP contribution in [-0.2, 0) is 11.3 Å². The predicted molar refractivity (Wildman–Crippen MR) is 91.6 cm³/mol. The van der Waals surface area contributed by atoms with Crippen LogP contribution in [0, 0.1) is 15.9 Å². The summed E-state index contributed by atoms with van der Waals surface area (Å²) < 4.78 is 13.7. The maximum absolute atomic E-state index is 13.7. The summed E-state index contributed by atoms with van der Waals surface area (Å²) in [5.74, 6) is -1.19. The first kappa shape index (κ1) is 17.6. The van der Waals surface area contributed by atoms with Crippen LogP contribution in [0.5, 0.6) is 0 Å². The molecular formula is C17H11ClFN3O4. The van der Waals surface area contributed by atoms with Crippen molar-refractivity contribution in [3.8, 4) is 0 Å². The van der Waals surface area contributed by atoms with E-state index < -0.39 is 22.7 Å². The van der Waals surface area contributed by atoms with Gasteiger partial charge >= 0.3 is 6.03 Å². The third kappa shape index (κ3) is 3.40. The van der Waals surface area contributed by atoms with Gasteiger partial charge in [0.1, 0.15) is 16.5 Å². The van der Waals surface area contributed by atoms with Gasteiger partial charge in [-0.1, -0.05) is 35.9 Å². The van der Waals surface area contributed by atoms with Crippen LogP contribution >= 0.6 is 11.6 Å². The number of carbonyl (C=O) groups excluding carboxylic acids is 2. The lowest BCUT2D eigenvalue weighted by Crippen LogP contribution is -2.30. The van der Waals surface area contributed by atoms with Crippen LogP contribution in [0.1, 0.15) is 11.1 Å². The molecule has 7 nitrogen and oxygen atoms in total. The molecule has 2 aromatic rings. The van der Waals surface area contributed by atoms with Gasteiger partial charge in [-0.15, -0.1) is 0 Å². The number of hydrogen-bond acceptors (Lipinski definition) is 4. The summed E-state index contributed by atoms with van der Waals surface area (Å²) in [7, 11) is 0. The maximum Gasteiger partial charge on any atom is 0.329 e. The van der Waals surface area contributed by atoms with Crippen molar-refractivity contribution in [2.45, 2.75) is 6.54 Å². The Morgan fingerprint density at radius 1 is 1.23 bits per heavy atom. The van der Waals surface area contributed by atoms with Crippen molar-refractivity contribution in [1.82, 2.24) is 10.2 Å². The SMILES string of the molecule is O=C1N/C(=C/c2ccc(Cl)c([N+](=O)[O-])c2)C(=O)N1Cc1ccccc1F. The van der Waals surface area contributed by atoms with Gasteiger partial charge in [0, 0.05) is 11.6 Å². The Labute approximate surface area is 151 Å². The molecule has 3 amide bonds. The Hall–Kier alpha value is -3.26. The Balaban J connectivity index is 1.87. The monoisotopic (exact) mass is 375 g/mol. The number of rotatable bonds is 4. The molecule has 1 fully saturated rings. The van der Waals surface area contributed by atoms with E-state index in [0.29, 0.717) is 5.56 Å². The second-order valence-electron chi connectivity index (χ2n) is 5.44. The van der Waals surface area contributed by atoms with Crippen LogP contribution in [-0.4, -0.2) is 21.8 Å². The molecule has 0 unspecified atom stereocenters. The summed E-state index contributed by atoms with van der Waals surface area (Å²) in [6.45, 7) is -0.227. The fraction of sp³-hybridized carbons (Fsp3) is 0.0588. The molecule has 26 heavy (non-hydrogen) atoms. The van der Waals surface area contributed by atoms with E-state index in [9.17, 15) is 24.1 Å². The molecule has 1 aliphatic heterocycles. The molecule has 0 saturated carbocycles. The summed E-state index contributed by atoms with van der Waals surface area (Å²) in [4.78, 5) is 35.6. The molecule has 0 bridgehead atoms. The average molecular weight is 376 g/mol. The van der Waals surface area contributed by atoms with E-state index in [1.165, 1.54) is 42.5 Å². The van der Waals surface area contributed by atoms with Crippen LogP contribution in [0.25, 0.3) is 6.08 Å². The fourth-order valence-electron chi connectivity index (χ4n) is 2.44. The topological polar surface area (TPSA) is 92.5 Å². The van der Waals surface area contributed by atoms with Crippen molar-refractivity contribution in [1.29, 1.82) is 0 Å². The van der Waals surface area contributed by atoms with E-state index >= 15 is 0 Å². The van der Waals surface area contributed by atoms with E-state index in [1.807, 2.05) is 0 Å². The number of urea groups is 1. The molecule has 1 aliphatic rings. The van der Waals surface area contributed by atoms with Gasteiger partial charge in [0.05, 0.1) is 11.5 Å². The number of carbonyl (C=O) groups is 2. The smallest absolute Gasteiger partial charge is 0.303 e.